The summed E-state index contributed by atoms with van der Waals surface area (Å²) in [6.45, 7) is 3.37. The van der Waals surface area contributed by atoms with Crippen molar-refractivity contribution < 1.29 is 38.6 Å². The first kappa shape index (κ1) is 28.2. The summed E-state index contributed by atoms with van der Waals surface area (Å²) in [5.74, 6) is 0. The number of rotatable bonds is 8. The van der Waals surface area contributed by atoms with Gasteiger partial charge in [0.2, 0.25) is 0 Å². The summed E-state index contributed by atoms with van der Waals surface area (Å²) >= 11 is 0. The zero-order valence-corrected chi connectivity index (χ0v) is 23.2. The Morgan fingerprint density at radius 2 is 1.48 bits per heavy atom. The molecule has 8 heteroatoms. The van der Waals surface area contributed by atoms with Crippen LogP contribution in [0.15, 0.2) is 60.7 Å². The lowest BCUT2D eigenvalue weighted by molar-refractivity contribution is -0.296. The van der Waals surface area contributed by atoms with Crippen LogP contribution in [0.4, 0.5) is 0 Å². The molecule has 4 aliphatic rings. The summed E-state index contributed by atoms with van der Waals surface area (Å²) in [7, 11) is 0. The molecule has 2 aromatic carbocycles. The maximum atomic E-state index is 10.5. The van der Waals surface area contributed by atoms with Crippen molar-refractivity contribution in [3.63, 3.8) is 0 Å². The molecule has 2 N–H and O–H groups in total. The highest BCUT2D eigenvalue weighted by Crippen LogP contribution is 2.45. The van der Waals surface area contributed by atoms with Gasteiger partial charge in [-0.3, -0.25) is 0 Å². The maximum absolute atomic E-state index is 10.5. The van der Waals surface area contributed by atoms with Crippen LogP contribution in [0.25, 0.3) is 0 Å². The van der Waals surface area contributed by atoms with Crippen LogP contribution in [0.2, 0.25) is 0 Å². The molecule has 218 valence electrons. The van der Waals surface area contributed by atoms with Crippen molar-refractivity contribution in [3.8, 4) is 0 Å². The first-order chi connectivity index (χ1) is 19.5. The first-order valence-corrected chi connectivity index (χ1v) is 14.7. The Hall–Kier alpha value is -1.88. The maximum Gasteiger partial charge on any atom is 0.108 e. The summed E-state index contributed by atoms with van der Waals surface area (Å²) in [4.78, 5) is 0. The number of aliphatic hydroxyl groups excluding tert-OH is 2. The van der Waals surface area contributed by atoms with Gasteiger partial charge in [0, 0.05) is 19.3 Å². The molecule has 2 aromatic rings. The third kappa shape index (κ3) is 6.30. The topological polar surface area (TPSA) is 95.8 Å². The molecule has 0 unspecified atom stereocenters. The number of benzene rings is 2. The van der Waals surface area contributed by atoms with Crippen LogP contribution in [-0.2, 0) is 41.6 Å². The molecule has 4 heterocycles. The van der Waals surface area contributed by atoms with E-state index in [0.717, 1.165) is 24.0 Å². The summed E-state index contributed by atoms with van der Waals surface area (Å²) in [6, 6.07) is 20.3. The quantitative estimate of drug-likeness (QED) is 0.512. The smallest absolute Gasteiger partial charge is 0.108 e. The molecule has 0 aromatic heterocycles. The minimum absolute atomic E-state index is 0.118. The van der Waals surface area contributed by atoms with E-state index in [1.807, 2.05) is 36.4 Å². The second-order valence-corrected chi connectivity index (χ2v) is 11.9. The van der Waals surface area contributed by atoms with Crippen molar-refractivity contribution in [1.29, 1.82) is 0 Å². The van der Waals surface area contributed by atoms with E-state index in [0.29, 0.717) is 39.1 Å². The molecule has 0 amide bonds. The second-order valence-electron chi connectivity index (χ2n) is 11.9. The second kappa shape index (κ2) is 12.5. The van der Waals surface area contributed by atoms with Crippen LogP contribution in [0, 0.1) is 0 Å². The standard InChI is InChI=1S/C32H42O8/c1-32-13-12-24-26(14-23(34)29(17-33)37-24)39-31(32)16-27-28(40-32)15-25(36-19-22-10-6-3-7-11-22)30(38-27)20-35-18-21-8-4-2-5-9-21/h2-11,23-31,33-34H,12-20H2,1H3/t23-,24-,25+,26+,27+,28-,29+,30-,31-,32+/m0/s1. The highest BCUT2D eigenvalue weighted by molar-refractivity contribution is 5.14. The van der Waals surface area contributed by atoms with Crippen LogP contribution in [-0.4, -0.2) is 84.0 Å². The van der Waals surface area contributed by atoms with Gasteiger partial charge in [0.25, 0.3) is 0 Å². The molecule has 4 saturated heterocycles. The molecule has 4 fully saturated rings. The van der Waals surface area contributed by atoms with E-state index in [4.69, 9.17) is 28.4 Å². The van der Waals surface area contributed by atoms with E-state index in [-0.39, 0.29) is 49.3 Å². The lowest BCUT2D eigenvalue weighted by Gasteiger charge is -2.52. The number of hydrogen-bond acceptors (Lipinski definition) is 8. The average Bonchev–Trinajstić information content (AvgIpc) is 3.10. The Morgan fingerprint density at radius 1 is 0.800 bits per heavy atom. The van der Waals surface area contributed by atoms with E-state index in [1.165, 1.54) is 0 Å². The van der Waals surface area contributed by atoms with Gasteiger partial charge in [-0.05, 0) is 30.9 Å². The summed E-state index contributed by atoms with van der Waals surface area (Å²) in [5, 5.41) is 20.1. The predicted molar refractivity (Wildman–Crippen MR) is 147 cm³/mol. The number of fused-ring (bicyclic) bond motifs is 3. The van der Waals surface area contributed by atoms with E-state index in [9.17, 15) is 10.2 Å². The molecular formula is C32H42O8. The van der Waals surface area contributed by atoms with Crippen molar-refractivity contribution >= 4 is 0 Å². The minimum Gasteiger partial charge on any atom is -0.394 e. The van der Waals surface area contributed by atoms with Crippen LogP contribution >= 0.6 is 0 Å². The van der Waals surface area contributed by atoms with Gasteiger partial charge in [-0.2, -0.15) is 0 Å². The van der Waals surface area contributed by atoms with Crippen molar-refractivity contribution in [3.05, 3.63) is 71.8 Å². The van der Waals surface area contributed by atoms with Gasteiger partial charge in [-0.1, -0.05) is 60.7 Å². The molecule has 6 rings (SSSR count). The Bertz CT molecular complexity index is 1070. The zero-order chi connectivity index (χ0) is 27.5. The largest absolute Gasteiger partial charge is 0.394 e. The Balaban J connectivity index is 1.14. The van der Waals surface area contributed by atoms with Crippen LogP contribution in [0.3, 0.4) is 0 Å². The normalized spacial score (nSPS) is 39.4. The Kier molecular flexibility index (Phi) is 8.86. The number of hydrogen-bond donors (Lipinski definition) is 2. The van der Waals surface area contributed by atoms with Gasteiger partial charge in [0.15, 0.2) is 0 Å². The lowest BCUT2D eigenvalue weighted by Crippen LogP contribution is -2.61. The van der Waals surface area contributed by atoms with Gasteiger partial charge in [0.05, 0.1) is 74.8 Å². The molecule has 8 nitrogen and oxygen atoms in total. The zero-order valence-electron chi connectivity index (χ0n) is 23.2. The monoisotopic (exact) mass is 554 g/mol. The molecule has 0 bridgehead atoms. The fourth-order valence-electron chi connectivity index (χ4n) is 6.68. The highest BCUT2D eigenvalue weighted by Gasteiger charge is 2.54. The van der Waals surface area contributed by atoms with Gasteiger partial charge >= 0.3 is 0 Å². The SMILES string of the molecule is C[C@@]12CC[C@@H]3O[C@H](CO)[C@@H](O)C[C@H]3O[C@H]1C[C@H]1O[C@@H](COCc3ccccc3)[C@H](OCc3ccccc3)C[C@@H]1O2. The lowest BCUT2D eigenvalue weighted by atomic mass is 9.82. The fourth-order valence-corrected chi connectivity index (χ4v) is 6.68. The average molecular weight is 555 g/mol. The van der Waals surface area contributed by atoms with Gasteiger partial charge in [-0.25, -0.2) is 0 Å². The van der Waals surface area contributed by atoms with Crippen molar-refractivity contribution in [2.24, 2.45) is 0 Å². The summed E-state index contributed by atoms with van der Waals surface area (Å²) in [5.41, 5.74) is 1.75. The van der Waals surface area contributed by atoms with Gasteiger partial charge in [-0.15, -0.1) is 0 Å². The van der Waals surface area contributed by atoms with Gasteiger partial charge in [0.1, 0.15) is 12.2 Å². The third-order valence-electron chi connectivity index (χ3n) is 9.00. The van der Waals surface area contributed by atoms with Gasteiger partial charge < -0.3 is 38.6 Å². The number of ether oxygens (including phenoxy) is 6. The first-order valence-electron chi connectivity index (χ1n) is 14.7. The molecule has 0 aliphatic carbocycles. The molecule has 4 aliphatic heterocycles. The van der Waals surface area contributed by atoms with Crippen LogP contribution in [0.5, 0.6) is 0 Å². The van der Waals surface area contributed by atoms with E-state index in [1.54, 1.807) is 0 Å². The molecule has 0 spiro atoms. The molecule has 0 saturated carbocycles. The Labute approximate surface area is 236 Å². The van der Waals surface area contributed by atoms with Crippen molar-refractivity contribution in [2.75, 3.05) is 13.2 Å². The summed E-state index contributed by atoms with van der Waals surface area (Å²) < 4.78 is 38.7. The Morgan fingerprint density at radius 3 is 2.20 bits per heavy atom. The van der Waals surface area contributed by atoms with E-state index >= 15 is 0 Å². The summed E-state index contributed by atoms with van der Waals surface area (Å²) in [6.07, 6.45) is 0.828. The molecule has 10 atom stereocenters. The third-order valence-corrected chi connectivity index (χ3v) is 9.00. The van der Waals surface area contributed by atoms with Crippen molar-refractivity contribution in [2.45, 2.75) is 113 Å². The minimum atomic E-state index is -0.743. The van der Waals surface area contributed by atoms with E-state index in [2.05, 4.69) is 31.2 Å². The molecular weight excluding hydrogens is 512 g/mol. The predicted octanol–water partition coefficient (Wildman–Crippen LogP) is 3.55. The number of aliphatic hydroxyl groups is 2. The molecule has 0 radical (unpaired) electrons. The highest BCUT2D eigenvalue weighted by atomic mass is 16.6. The van der Waals surface area contributed by atoms with Crippen molar-refractivity contribution in [1.82, 2.24) is 0 Å². The van der Waals surface area contributed by atoms with E-state index < -0.39 is 17.8 Å². The van der Waals surface area contributed by atoms with Crippen LogP contribution < -0.4 is 0 Å². The molecule has 40 heavy (non-hydrogen) atoms. The van der Waals surface area contributed by atoms with Crippen LogP contribution in [0.1, 0.15) is 50.2 Å². The fraction of sp³-hybridized carbons (Fsp3) is 0.625.